The van der Waals surface area contributed by atoms with E-state index < -0.39 is 6.61 Å². The number of carbonyl (C=O) groups is 1. The smallest absolute Gasteiger partial charge is 0.387 e. The standard InChI is InChI=1S/C19H19F2N3O2S/c1-12-2-7-15-16(10-12)24-19(23-15)27-11-17(25)22-9-8-13-3-5-14(6-4-13)26-18(20)21/h2-7,10,18H,8-9,11H2,1H3,(H,22,25)(H,23,24). The molecule has 8 heteroatoms. The van der Waals surface area contributed by atoms with Crippen molar-refractivity contribution in [3.63, 3.8) is 0 Å². The number of hydrogen-bond donors (Lipinski definition) is 2. The number of nitrogens with one attached hydrogen (secondary N) is 2. The first kappa shape index (κ1) is 19.2. The van der Waals surface area contributed by atoms with Crippen molar-refractivity contribution in [2.45, 2.75) is 25.1 Å². The van der Waals surface area contributed by atoms with Crippen LogP contribution >= 0.6 is 11.8 Å². The van der Waals surface area contributed by atoms with E-state index in [-0.39, 0.29) is 17.4 Å². The first-order valence-corrected chi connectivity index (χ1v) is 9.38. The molecule has 5 nitrogen and oxygen atoms in total. The van der Waals surface area contributed by atoms with Crippen molar-refractivity contribution in [3.05, 3.63) is 53.6 Å². The number of aryl methyl sites for hydroxylation is 1. The second-order valence-electron chi connectivity index (χ2n) is 5.97. The molecule has 142 valence electrons. The number of hydrogen-bond acceptors (Lipinski definition) is 4. The molecule has 2 aromatic carbocycles. The van der Waals surface area contributed by atoms with Crippen LogP contribution in [0.15, 0.2) is 47.6 Å². The number of alkyl halides is 2. The van der Waals surface area contributed by atoms with Crippen LogP contribution in [0.4, 0.5) is 8.78 Å². The Kier molecular flexibility index (Phi) is 6.28. The lowest BCUT2D eigenvalue weighted by molar-refractivity contribution is -0.118. The molecule has 0 saturated carbocycles. The van der Waals surface area contributed by atoms with Crippen LogP contribution in [0.3, 0.4) is 0 Å². The minimum atomic E-state index is -2.83. The molecule has 0 aliphatic carbocycles. The zero-order chi connectivity index (χ0) is 19.2. The minimum Gasteiger partial charge on any atom is -0.435 e. The average Bonchev–Trinajstić information content (AvgIpc) is 3.03. The van der Waals surface area contributed by atoms with Gasteiger partial charge in [-0.05, 0) is 48.7 Å². The fourth-order valence-electron chi connectivity index (χ4n) is 2.54. The van der Waals surface area contributed by atoms with Crippen LogP contribution in [0.5, 0.6) is 5.75 Å². The molecule has 0 unspecified atom stereocenters. The van der Waals surface area contributed by atoms with Gasteiger partial charge in [-0.1, -0.05) is 30.0 Å². The Morgan fingerprint density at radius 2 is 2.04 bits per heavy atom. The molecule has 0 bridgehead atoms. The Bertz CT molecular complexity index is 913. The molecule has 0 radical (unpaired) electrons. The number of rotatable bonds is 8. The van der Waals surface area contributed by atoms with Crippen LogP contribution in [-0.2, 0) is 11.2 Å². The van der Waals surface area contributed by atoms with Crippen molar-refractivity contribution in [2.75, 3.05) is 12.3 Å². The van der Waals surface area contributed by atoms with Gasteiger partial charge in [0.2, 0.25) is 5.91 Å². The van der Waals surface area contributed by atoms with Crippen molar-refractivity contribution in [1.29, 1.82) is 0 Å². The largest absolute Gasteiger partial charge is 0.435 e. The van der Waals surface area contributed by atoms with Gasteiger partial charge in [0, 0.05) is 6.54 Å². The molecule has 0 saturated heterocycles. The summed E-state index contributed by atoms with van der Waals surface area (Å²) in [7, 11) is 0. The highest BCUT2D eigenvalue weighted by atomic mass is 32.2. The van der Waals surface area contributed by atoms with Crippen LogP contribution in [0.2, 0.25) is 0 Å². The van der Waals surface area contributed by atoms with Gasteiger partial charge in [0.25, 0.3) is 0 Å². The number of H-pyrrole nitrogens is 1. The second kappa shape index (κ2) is 8.85. The number of amides is 1. The van der Waals surface area contributed by atoms with Gasteiger partial charge in [-0.3, -0.25) is 4.79 Å². The summed E-state index contributed by atoms with van der Waals surface area (Å²) in [6.07, 6.45) is 0.606. The summed E-state index contributed by atoms with van der Waals surface area (Å²) < 4.78 is 28.5. The Morgan fingerprint density at radius 1 is 1.26 bits per heavy atom. The number of benzene rings is 2. The highest BCUT2D eigenvalue weighted by Crippen LogP contribution is 2.20. The number of ether oxygens (including phenoxy) is 1. The minimum absolute atomic E-state index is 0.0886. The lowest BCUT2D eigenvalue weighted by Gasteiger charge is -2.07. The number of aromatic amines is 1. The third kappa shape index (κ3) is 5.68. The zero-order valence-electron chi connectivity index (χ0n) is 14.7. The van der Waals surface area contributed by atoms with Crippen LogP contribution in [-0.4, -0.2) is 34.8 Å². The number of carbonyl (C=O) groups excluding carboxylic acids is 1. The Morgan fingerprint density at radius 3 is 2.78 bits per heavy atom. The topological polar surface area (TPSA) is 67.0 Å². The summed E-state index contributed by atoms with van der Waals surface area (Å²) in [5, 5.41) is 3.55. The normalized spacial score (nSPS) is 11.1. The summed E-state index contributed by atoms with van der Waals surface area (Å²) >= 11 is 1.35. The van der Waals surface area contributed by atoms with Gasteiger partial charge in [-0.2, -0.15) is 8.78 Å². The maximum absolute atomic E-state index is 12.1. The third-order valence-electron chi connectivity index (χ3n) is 3.84. The van der Waals surface area contributed by atoms with E-state index in [1.165, 1.54) is 23.9 Å². The Balaban J connectivity index is 1.41. The van der Waals surface area contributed by atoms with E-state index in [1.54, 1.807) is 12.1 Å². The molecule has 0 aliphatic rings. The molecule has 1 aromatic heterocycles. The van der Waals surface area contributed by atoms with E-state index in [9.17, 15) is 13.6 Å². The van der Waals surface area contributed by atoms with Crippen LogP contribution in [0.25, 0.3) is 11.0 Å². The van der Waals surface area contributed by atoms with Crippen LogP contribution < -0.4 is 10.1 Å². The maximum atomic E-state index is 12.1. The van der Waals surface area contributed by atoms with Gasteiger partial charge in [0.1, 0.15) is 5.75 Å². The van der Waals surface area contributed by atoms with Gasteiger partial charge in [0.05, 0.1) is 16.8 Å². The summed E-state index contributed by atoms with van der Waals surface area (Å²) in [5.41, 5.74) is 3.91. The lowest BCUT2D eigenvalue weighted by atomic mass is 10.1. The monoisotopic (exact) mass is 391 g/mol. The lowest BCUT2D eigenvalue weighted by Crippen LogP contribution is -2.27. The molecule has 0 aliphatic heterocycles. The number of aromatic nitrogens is 2. The summed E-state index contributed by atoms with van der Waals surface area (Å²) in [5.74, 6) is 0.296. The van der Waals surface area contributed by atoms with Crippen molar-refractivity contribution >= 4 is 28.7 Å². The van der Waals surface area contributed by atoms with Gasteiger partial charge in [-0.15, -0.1) is 0 Å². The Labute approximate surface area is 159 Å². The van der Waals surface area contributed by atoms with E-state index in [0.717, 1.165) is 22.2 Å². The van der Waals surface area contributed by atoms with Gasteiger partial charge in [-0.25, -0.2) is 4.98 Å². The molecule has 27 heavy (non-hydrogen) atoms. The number of imidazole rings is 1. The molecule has 2 N–H and O–H groups in total. The maximum Gasteiger partial charge on any atom is 0.387 e. The number of nitrogens with zero attached hydrogens (tertiary/aromatic N) is 1. The van der Waals surface area contributed by atoms with Crippen LogP contribution in [0.1, 0.15) is 11.1 Å². The van der Waals surface area contributed by atoms with Gasteiger partial charge in [0.15, 0.2) is 5.16 Å². The quantitative estimate of drug-likeness (QED) is 0.571. The number of halogens is 2. The van der Waals surface area contributed by atoms with E-state index in [1.807, 2.05) is 25.1 Å². The fraction of sp³-hybridized carbons (Fsp3) is 0.263. The van der Waals surface area contributed by atoms with E-state index >= 15 is 0 Å². The predicted octanol–water partition coefficient (Wildman–Crippen LogP) is 3.92. The molecular formula is C19H19F2N3O2S. The van der Waals surface area contributed by atoms with E-state index in [4.69, 9.17) is 0 Å². The van der Waals surface area contributed by atoms with Crippen molar-refractivity contribution in [1.82, 2.24) is 15.3 Å². The van der Waals surface area contributed by atoms with E-state index in [2.05, 4.69) is 20.0 Å². The summed E-state index contributed by atoms with van der Waals surface area (Å²) in [6, 6.07) is 12.3. The first-order valence-electron chi connectivity index (χ1n) is 8.39. The van der Waals surface area contributed by atoms with Gasteiger partial charge < -0.3 is 15.0 Å². The zero-order valence-corrected chi connectivity index (χ0v) is 15.5. The first-order chi connectivity index (χ1) is 13.0. The molecular weight excluding hydrogens is 372 g/mol. The van der Waals surface area contributed by atoms with Crippen molar-refractivity contribution in [3.8, 4) is 5.75 Å². The molecule has 3 aromatic rings. The van der Waals surface area contributed by atoms with Crippen LogP contribution in [0, 0.1) is 6.92 Å². The van der Waals surface area contributed by atoms with Gasteiger partial charge >= 0.3 is 6.61 Å². The number of fused-ring (bicyclic) bond motifs is 1. The van der Waals surface area contributed by atoms with E-state index in [0.29, 0.717) is 18.1 Å². The molecule has 0 fully saturated rings. The molecule has 1 amide bonds. The van der Waals surface area contributed by atoms with Crippen molar-refractivity contribution in [2.24, 2.45) is 0 Å². The highest BCUT2D eigenvalue weighted by Gasteiger charge is 2.08. The highest BCUT2D eigenvalue weighted by molar-refractivity contribution is 7.99. The average molecular weight is 391 g/mol. The molecule has 0 spiro atoms. The number of thioether (sulfide) groups is 1. The Hall–Kier alpha value is -2.61. The molecule has 3 rings (SSSR count). The third-order valence-corrected chi connectivity index (χ3v) is 4.71. The SMILES string of the molecule is Cc1ccc2nc(SCC(=O)NCCc3ccc(OC(F)F)cc3)[nH]c2c1. The second-order valence-corrected chi connectivity index (χ2v) is 6.94. The summed E-state index contributed by atoms with van der Waals surface area (Å²) in [4.78, 5) is 19.6. The molecule has 1 heterocycles. The predicted molar refractivity (Wildman–Crippen MR) is 101 cm³/mol. The summed E-state index contributed by atoms with van der Waals surface area (Å²) in [6.45, 7) is -0.350. The molecule has 0 atom stereocenters. The fourth-order valence-corrected chi connectivity index (χ4v) is 3.25. The van der Waals surface area contributed by atoms with Crippen molar-refractivity contribution < 1.29 is 18.3 Å².